The summed E-state index contributed by atoms with van der Waals surface area (Å²) in [5.41, 5.74) is 0.0128. The average molecular weight is 365 g/mol. The Morgan fingerprint density at radius 2 is 1.88 bits per heavy atom. The van der Waals surface area contributed by atoms with Gasteiger partial charge in [-0.15, -0.1) is 11.3 Å². The van der Waals surface area contributed by atoms with Crippen LogP contribution in [0.15, 0.2) is 48.0 Å². The Morgan fingerprint density at radius 1 is 1.04 bits per heavy atom. The summed E-state index contributed by atoms with van der Waals surface area (Å²) in [5.74, 6) is -2.67. The Labute approximate surface area is 144 Å². The summed E-state index contributed by atoms with van der Waals surface area (Å²) in [7, 11) is 0. The Balaban J connectivity index is 1.79. The van der Waals surface area contributed by atoms with Gasteiger partial charge in [-0.3, -0.25) is 5.32 Å². The number of nitrogens with zero attached hydrogens (tertiary/aromatic N) is 1. The standard InChI is InChI=1S/C16H10F3N3O2S/c17-9-1-4-14(24-10-2-3-11(18)12(19)8-10)13(7-9)21-15(23)22-16-20-5-6-25-16/h1-8H,(H2,20,21,22,23). The number of hydrogen-bond acceptors (Lipinski definition) is 4. The van der Waals surface area contributed by atoms with Gasteiger partial charge in [-0.2, -0.15) is 0 Å². The van der Waals surface area contributed by atoms with Gasteiger partial charge in [0.15, 0.2) is 22.5 Å². The summed E-state index contributed by atoms with van der Waals surface area (Å²) in [6.07, 6.45) is 1.51. The van der Waals surface area contributed by atoms with Crippen molar-refractivity contribution < 1.29 is 22.7 Å². The number of thiazole rings is 1. The monoisotopic (exact) mass is 365 g/mol. The molecule has 128 valence electrons. The van der Waals surface area contributed by atoms with Crippen LogP contribution in [-0.2, 0) is 0 Å². The molecular formula is C16H10F3N3O2S. The van der Waals surface area contributed by atoms with Gasteiger partial charge in [0, 0.05) is 23.7 Å². The van der Waals surface area contributed by atoms with Gasteiger partial charge in [0.05, 0.1) is 5.69 Å². The van der Waals surface area contributed by atoms with Crippen molar-refractivity contribution in [3.8, 4) is 11.5 Å². The van der Waals surface area contributed by atoms with Crippen LogP contribution in [0.1, 0.15) is 0 Å². The summed E-state index contributed by atoms with van der Waals surface area (Å²) in [6.45, 7) is 0. The maximum Gasteiger partial charge on any atom is 0.325 e. The molecule has 1 heterocycles. The predicted octanol–water partition coefficient (Wildman–Crippen LogP) is 5.00. The Bertz CT molecular complexity index is 904. The molecule has 0 saturated heterocycles. The summed E-state index contributed by atoms with van der Waals surface area (Å²) >= 11 is 1.21. The number of halogens is 3. The fourth-order valence-electron chi connectivity index (χ4n) is 1.89. The van der Waals surface area contributed by atoms with Crippen LogP contribution in [0.4, 0.5) is 28.8 Å². The lowest BCUT2D eigenvalue weighted by Gasteiger charge is -2.12. The van der Waals surface area contributed by atoms with E-state index in [1.165, 1.54) is 29.7 Å². The van der Waals surface area contributed by atoms with Crippen LogP contribution >= 0.6 is 11.3 Å². The molecule has 0 fully saturated rings. The fourth-order valence-corrected chi connectivity index (χ4v) is 2.42. The number of anilines is 2. The van der Waals surface area contributed by atoms with Crippen LogP contribution in [-0.4, -0.2) is 11.0 Å². The zero-order valence-electron chi connectivity index (χ0n) is 12.4. The van der Waals surface area contributed by atoms with Gasteiger partial charge < -0.3 is 10.1 Å². The van der Waals surface area contributed by atoms with Gasteiger partial charge in [-0.1, -0.05) is 0 Å². The normalized spacial score (nSPS) is 10.4. The Morgan fingerprint density at radius 3 is 2.60 bits per heavy atom. The van der Waals surface area contributed by atoms with Gasteiger partial charge in [0.25, 0.3) is 0 Å². The highest BCUT2D eigenvalue weighted by atomic mass is 32.1. The molecule has 3 aromatic rings. The van der Waals surface area contributed by atoms with Crippen molar-refractivity contribution in [2.45, 2.75) is 0 Å². The first-order valence-corrected chi connectivity index (χ1v) is 7.79. The number of hydrogen-bond donors (Lipinski definition) is 2. The number of amides is 2. The number of carbonyl (C=O) groups is 1. The highest BCUT2D eigenvalue weighted by molar-refractivity contribution is 7.13. The molecule has 0 aliphatic rings. The second-order valence-electron chi connectivity index (χ2n) is 4.73. The molecule has 2 amide bonds. The average Bonchev–Trinajstić information content (AvgIpc) is 3.06. The molecule has 2 N–H and O–H groups in total. The van der Waals surface area contributed by atoms with E-state index in [-0.39, 0.29) is 17.2 Å². The first-order valence-electron chi connectivity index (χ1n) is 6.91. The zero-order chi connectivity index (χ0) is 17.8. The van der Waals surface area contributed by atoms with Crippen molar-refractivity contribution in [2.24, 2.45) is 0 Å². The third-order valence-electron chi connectivity index (χ3n) is 2.96. The minimum Gasteiger partial charge on any atom is -0.455 e. The number of urea groups is 1. The van der Waals surface area contributed by atoms with E-state index in [9.17, 15) is 18.0 Å². The summed E-state index contributed by atoms with van der Waals surface area (Å²) in [5, 5.41) is 6.92. The second-order valence-corrected chi connectivity index (χ2v) is 5.63. The first kappa shape index (κ1) is 16.8. The molecule has 0 radical (unpaired) electrons. The minimum absolute atomic E-state index is 0.00566. The fraction of sp³-hybridized carbons (Fsp3) is 0. The molecule has 0 atom stereocenters. The zero-order valence-corrected chi connectivity index (χ0v) is 13.2. The highest BCUT2D eigenvalue weighted by Crippen LogP contribution is 2.31. The largest absolute Gasteiger partial charge is 0.455 e. The maximum atomic E-state index is 13.5. The molecule has 5 nitrogen and oxygen atoms in total. The quantitative estimate of drug-likeness (QED) is 0.684. The van der Waals surface area contributed by atoms with E-state index < -0.39 is 23.5 Å². The van der Waals surface area contributed by atoms with Crippen LogP contribution in [0, 0.1) is 17.5 Å². The third-order valence-corrected chi connectivity index (χ3v) is 3.65. The first-order chi connectivity index (χ1) is 12.0. The van der Waals surface area contributed by atoms with Gasteiger partial charge in [0.2, 0.25) is 0 Å². The van der Waals surface area contributed by atoms with Gasteiger partial charge >= 0.3 is 6.03 Å². The van der Waals surface area contributed by atoms with Crippen LogP contribution in [0.2, 0.25) is 0 Å². The van der Waals surface area contributed by atoms with Crippen LogP contribution < -0.4 is 15.4 Å². The molecule has 1 aromatic heterocycles. The lowest BCUT2D eigenvalue weighted by Crippen LogP contribution is -2.19. The van der Waals surface area contributed by atoms with E-state index in [0.29, 0.717) is 5.13 Å². The molecule has 3 rings (SSSR count). The van der Waals surface area contributed by atoms with Crippen molar-refractivity contribution in [2.75, 3.05) is 10.6 Å². The van der Waals surface area contributed by atoms with Crippen molar-refractivity contribution in [1.29, 1.82) is 0 Å². The Kier molecular flexibility index (Phi) is 4.85. The third kappa shape index (κ3) is 4.27. The molecular weight excluding hydrogens is 355 g/mol. The molecule has 25 heavy (non-hydrogen) atoms. The molecule has 0 unspecified atom stereocenters. The molecule has 0 aliphatic heterocycles. The van der Waals surface area contributed by atoms with E-state index in [4.69, 9.17) is 4.74 Å². The minimum atomic E-state index is -1.09. The van der Waals surface area contributed by atoms with Crippen molar-refractivity contribution in [3.63, 3.8) is 0 Å². The molecule has 9 heteroatoms. The van der Waals surface area contributed by atoms with Crippen molar-refractivity contribution in [1.82, 2.24) is 4.98 Å². The van der Waals surface area contributed by atoms with Crippen LogP contribution in [0.25, 0.3) is 0 Å². The van der Waals surface area contributed by atoms with E-state index in [2.05, 4.69) is 15.6 Å². The summed E-state index contributed by atoms with van der Waals surface area (Å²) < 4.78 is 45.1. The highest BCUT2D eigenvalue weighted by Gasteiger charge is 2.12. The lowest BCUT2D eigenvalue weighted by atomic mass is 10.2. The smallest absolute Gasteiger partial charge is 0.325 e. The lowest BCUT2D eigenvalue weighted by molar-refractivity contribution is 0.262. The van der Waals surface area contributed by atoms with Gasteiger partial charge in [-0.05, 0) is 24.3 Å². The molecule has 0 spiro atoms. The van der Waals surface area contributed by atoms with E-state index in [1.807, 2.05) is 0 Å². The predicted molar refractivity (Wildman–Crippen MR) is 87.6 cm³/mol. The van der Waals surface area contributed by atoms with Crippen LogP contribution in [0.3, 0.4) is 0 Å². The maximum absolute atomic E-state index is 13.5. The number of benzene rings is 2. The van der Waals surface area contributed by atoms with Crippen molar-refractivity contribution >= 4 is 28.2 Å². The second kappa shape index (κ2) is 7.22. The molecule has 0 aliphatic carbocycles. The van der Waals surface area contributed by atoms with E-state index in [0.717, 1.165) is 24.3 Å². The van der Waals surface area contributed by atoms with Gasteiger partial charge in [0.1, 0.15) is 11.6 Å². The van der Waals surface area contributed by atoms with Gasteiger partial charge in [-0.25, -0.2) is 22.9 Å². The van der Waals surface area contributed by atoms with E-state index in [1.54, 1.807) is 5.38 Å². The van der Waals surface area contributed by atoms with Crippen LogP contribution in [0.5, 0.6) is 11.5 Å². The van der Waals surface area contributed by atoms with E-state index >= 15 is 0 Å². The summed E-state index contributed by atoms with van der Waals surface area (Å²) in [6, 6.07) is 5.71. The SMILES string of the molecule is O=C(Nc1nccs1)Nc1cc(F)ccc1Oc1ccc(F)c(F)c1. The molecule has 0 saturated carbocycles. The summed E-state index contributed by atoms with van der Waals surface area (Å²) in [4.78, 5) is 15.8. The number of rotatable bonds is 4. The number of carbonyl (C=O) groups excluding carboxylic acids is 1. The topological polar surface area (TPSA) is 63.2 Å². The number of ether oxygens (including phenoxy) is 1. The molecule has 0 bridgehead atoms. The molecule has 2 aromatic carbocycles. The number of nitrogens with one attached hydrogen (secondary N) is 2. The Hall–Kier alpha value is -3.07. The van der Waals surface area contributed by atoms with Crippen molar-refractivity contribution in [3.05, 3.63) is 65.4 Å². The number of aromatic nitrogens is 1.